The average Bonchev–Trinajstić information content (AvgIpc) is 2.94. The number of piperidine rings is 1. The van der Waals surface area contributed by atoms with Crippen molar-refractivity contribution in [1.29, 1.82) is 0 Å². The van der Waals surface area contributed by atoms with Gasteiger partial charge in [-0.15, -0.1) is 0 Å². The lowest BCUT2D eigenvalue weighted by molar-refractivity contribution is 0.411. The van der Waals surface area contributed by atoms with E-state index in [1.54, 1.807) is 0 Å². The van der Waals surface area contributed by atoms with Crippen molar-refractivity contribution in [2.75, 3.05) is 24.5 Å². The Morgan fingerprint density at radius 3 is 2.65 bits per heavy atom. The van der Waals surface area contributed by atoms with Gasteiger partial charge in [0.05, 0.1) is 0 Å². The van der Waals surface area contributed by atoms with Gasteiger partial charge in [0.15, 0.2) is 0 Å². The van der Waals surface area contributed by atoms with E-state index in [4.69, 9.17) is 0 Å². The topological polar surface area (TPSA) is 28.2 Å². The first kappa shape index (κ1) is 11.0. The van der Waals surface area contributed by atoms with Crippen LogP contribution in [0.5, 0.6) is 0 Å². The molecule has 0 spiro atoms. The lowest BCUT2D eigenvalue weighted by atomic mass is 9.99. The summed E-state index contributed by atoms with van der Waals surface area (Å²) in [5.41, 5.74) is 1.35. The van der Waals surface area contributed by atoms with Crippen molar-refractivity contribution in [3.05, 3.63) is 23.9 Å². The first-order valence-corrected chi connectivity index (χ1v) is 6.88. The summed E-state index contributed by atoms with van der Waals surface area (Å²) >= 11 is 0. The van der Waals surface area contributed by atoms with E-state index in [2.05, 4.69) is 33.5 Å². The first-order chi connectivity index (χ1) is 8.43. The Hall–Kier alpha value is -1.09. The predicted molar refractivity (Wildman–Crippen MR) is 70.3 cm³/mol. The number of hydrogen-bond donors (Lipinski definition) is 1. The van der Waals surface area contributed by atoms with E-state index in [1.807, 2.05) is 0 Å². The van der Waals surface area contributed by atoms with Crippen LogP contribution in [0.1, 0.15) is 43.7 Å². The minimum absolute atomic E-state index is 0.531. The number of pyridine rings is 1. The Morgan fingerprint density at radius 1 is 1.12 bits per heavy atom. The third-order valence-electron chi connectivity index (χ3n) is 3.91. The summed E-state index contributed by atoms with van der Waals surface area (Å²) in [4.78, 5) is 7.01. The molecule has 1 atom stereocenters. The van der Waals surface area contributed by atoms with Crippen LogP contribution in [0.4, 0.5) is 5.82 Å². The van der Waals surface area contributed by atoms with Gasteiger partial charge in [0, 0.05) is 25.3 Å². The van der Waals surface area contributed by atoms with E-state index in [0.29, 0.717) is 6.04 Å². The molecule has 92 valence electrons. The van der Waals surface area contributed by atoms with Crippen LogP contribution in [0.3, 0.4) is 0 Å². The summed E-state index contributed by atoms with van der Waals surface area (Å²) in [6.45, 7) is 3.50. The maximum atomic E-state index is 4.62. The molecule has 2 aliphatic heterocycles. The number of anilines is 1. The molecule has 0 radical (unpaired) electrons. The van der Waals surface area contributed by atoms with Crippen molar-refractivity contribution in [1.82, 2.24) is 10.3 Å². The Balaban J connectivity index is 1.70. The van der Waals surface area contributed by atoms with Crippen LogP contribution < -0.4 is 10.2 Å². The van der Waals surface area contributed by atoms with Gasteiger partial charge in [-0.05, 0) is 43.9 Å². The minimum Gasteiger partial charge on any atom is -0.357 e. The SMILES string of the molecule is c1cc(N2CCCC2)ncc1[C@H]1CCCCN1. The fourth-order valence-electron chi connectivity index (χ4n) is 2.87. The van der Waals surface area contributed by atoms with Crippen molar-refractivity contribution >= 4 is 5.82 Å². The van der Waals surface area contributed by atoms with E-state index in [-0.39, 0.29) is 0 Å². The molecule has 17 heavy (non-hydrogen) atoms. The Bertz CT molecular complexity index is 348. The molecule has 2 aliphatic rings. The normalized spacial score (nSPS) is 25.2. The van der Waals surface area contributed by atoms with Crippen LogP contribution in [0, 0.1) is 0 Å². The van der Waals surface area contributed by atoms with Crippen molar-refractivity contribution in [2.24, 2.45) is 0 Å². The van der Waals surface area contributed by atoms with E-state index < -0.39 is 0 Å². The number of nitrogens with one attached hydrogen (secondary N) is 1. The molecule has 3 heteroatoms. The zero-order chi connectivity index (χ0) is 11.5. The summed E-state index contributed by atoms with van der Waals surface area (Å²) in [7, 11) is 0. The zero-order valence-electron chi connectivity index (χ0n) is 10.4. The smallest absolute Gasteiger partial charge is 0.128 e. The van der Waals surface area contributed by atoms with E-state index in [9.17, 15) is 0 Å². The summed E-state index contributed by atoms with van der Waals surface area (Å²) in [5.74, 6) is 1.15. The van der Waals surface area contributed by atoms with E-state index in [1.165, 1.54) is 50.8 Å². The lowest BCUT2D eigenvalue weighted by Gasteiger charge is -2.24. The number of aromatic nitrogens is 1. The van der Waals surface area contributed by atoms with Crippen molar-refractivity contribution < 1.29 is 0 Å². The molecule has 3 rings (SSSR count). The lowest BCUT2D eigenvalue weighted by Crippen LogP contribution is -2.27. The zero-order valence-corrected chi connectivity index (χ0v) is 10.4. The van der Waals surface area contributed by atoms with E-state index >= 15 is 0 Å². The van der Waals surface area contributed by atoms with Crippen LogP contribution in [-0.2, 0) is 0 Å². The second-order valence-electron chi connectivity index (χ2n) is 5.15. The van der Waals surface area contributed by atoms with Gasteiger partial charge in [-0.2, -0.15) is 0 Å². The highest BCUT2D eigenvalue weighted by molar-refractivity contribution is 5.40. The highest BCUT2D eigenvalue weighted by Gasteiger charge is 2.17. The fraction of sp³-hybridized carbons (Fsp3) is 0.643. The van der Waals surface area contributed by atoms with Gasteiger partial charge in [0.2, 0.25) is 0 Å². The van der Waals surface area contributed by atoms with Gasteiger partial charge in [0.25, 0.3) is 0 Å². The molecule has 0 amide bonds. The molecular weight excluding hydrogens is 210 g/mol. The maximum Gasteiger partial charge on any atom is 0.128 e. The van der Waals surface area contributed by atoms with Crippen molar-refractivity contribution in [3.8, 4) is 0 Å². The minimum atomic E-state index is 0.531. The molecule has 1 aromatic rings. The number of nitrogens with zero attached hydrogens (tertiary/aromatic N) is 2. The first-order valence-electron chi connectivity index (χ1n) is 6.88. The molecule has 1 aromatic heterocycles. The van der Waals surface area contributed by atoms with Crippen LogP contribution in [0.15, 0.2) is 18.3 Å². The highest BCUT2D eigenvalue weighted by atomic mass is 15.2. The average molecular weight is 231 g/mol. The molecule has 0 bridgehead atoms. The quantitative estimate of drug-likeness (QED) is 0.847. The highest BCUT2D eigenvalue weighted by Crippen LogP contribution is 2.24. The molecule has 0 unspecified atom stereocenters. The second-order valence-corrected chi connectivity index (χ2v) is 5.15. The van der Waals surface area contributed by atoms with Gasteiger partial charge >= 0.3 is 0 Å². The van der Waals surface area contributed by atoms with Gasteiger partial charge in [-0.25, -0.2) is 4.98 Å². The second kappa shape index (κ2) is 5.05. The Labute approximate surface area is 103 Å². The molecule has 3 nitrogen and oxygen atoms in total. The van der Waals surface area contributed by atoms with Crippen LogP contribution in [0.2, 0.25) is 0 Å². The molecule has 0 aliphatic carbocycles. The van der Waals surface area contributed by atoms with Crippen LogP contribution in [0.25, 0.3) is 0 Å². The largest absolute Gasteiger partial charge is 0.357 e. The fourth-order valence-corrected chi connectivity index (χ4v) is 2.87. The molecule has 0 aromatic carbocycles. The molecular formula is C14H21N3. The molecule has 0 saturated carbocycles. The third kappa shape index (κ3) is 2.44. The maximum absolute atomic E-state index is 4.62. The molecule has 1 N–H and O–H groups in total. The van der Waals surface area contributed by atoms with Gasteiger partial charge in [-0.3, -0.25) is 0 Å². The van der Waals surface area contributed by atoms with Gasteiger partial charge in [0.1, 0.15) is 5.82 Å². The van der Waals surface area contributed by atoms with Crippen LogP contribution in [-0.4, -0.2) is 24.6 Å². The summed E-state index contributed by atoms with van der Waals surface area (Å²) in [6, 6.07) is 4.98. The van der Waals surface area contributed by atoms with E-state index in [0.717, 1.165) is 12.4 Å². The van der Waals surface area contributed by atoms with Crippen molar-refractivity contribution in [2.45, 2.75) is 38.1 Å². The van der Waals surface area contributed by atoms with Crippen LogP contribution >= 0.6 is 0 Å². The number of rotatable bonds is 2. The number of hydrogen-bond acceptors (Lipinski definition) is 3. The van der Waals surface area contributed by atoms with Crippen molar-refractivity contribution in [3.63, 3.8) is 0 Å². The molecule has 2 fully saturated rings. The summed E-state index contributed by atoms with van der Waals surface area (Å²) in [5, 5.41) is 3.57. The summed E-state index contributed by atoms with van der Waals surface area (Å²) < 4.78 is 0. The monoisotopic (exact) mass is 231 g/mol. The van der Waals surface area contributed by atoms with Gasteiger partial charge < -0.3 is 10.2 Å². The standard InChI is InChI=1S/C14H21N3/c1-2-8-15-13(5-1)12-6-7-14(16-11-12)17-9-3-4-10-17/h6-7,11,13,15H,1-5,8-10H2/t13-/m1/s1. The van der Waals surface area contributed by atoms with Gasteiger partial charge in [-0.1, -0.05) is 12.5 Å². The Kier molecular flexibility index (Phi) is 3.27. The summed E-state index contributed by atoms with van der Waals surface area (Å²) in [6.07, 6.45) is 8.60. The Morgan fingerprint density at radius 2 is 2.00 bits per heavy atom. The molecule has 2 saturated heterocycles. The third-order valence-corrected chi connectivity index (χ3v) is 3.91. The molecule has 3 heterocycles. The predicted octanol–water partition coefficient (Wildman–Crippen LogP) is 2.50.